The molecule has 0 atom stereocenters. The Kier molecular flexibility index (Phi) is 4.39. The largest absolute Gasteiger partial charge is 0.295 e. The van der Waals surface area contributed by atoms with Crippen molar-refractivity contribution in [1.29, 1.82) is 5.26 Å². The highest BCUT2D eigenvalue weighted by molar-refractivity contribution is 9.10. The molecule has 0 fully saturated rings. The zero-order valence-electron chi connectivity index (χ0n) is 14.0. The molecule has 0 spiro atoms. The fourth-order valence-electron chi connectivity index (χ4n) is 3.20. The van der Waals surface area contributed by atoms with Crippen LogP contribution in [-0.4, -0.2) is 16.0 Å². The average Bonchev–Trinajstić information content (AvgIpc) is 3.28. The van der Waals surface area contributed by atoms with E-state index in [4.69, 9.17) is 0 Å². The van der Waals surface area contributed by atoms with Gasteiger partial charge in [0.2, 0.25) is 0 Å². The van der Waals surface area contributed by atoms with E-state index in [0.29, 0.717) is 16.1 Å². The number of rotatable bonds is 3. The maximum absolute atomic E-state index is 12.8. The number of hydrogen-bond acceptors (Lipinski definition) is 4. The molecule has 130 valence electrons. The van der Waals surface area contributed by atoms with Crippen molar-refractivity contribution in [3.8, 4) is 11.8 Å². The van der Waals surface area contributed by atoms with Crippen molar-refractivity contribution in [2.45, 2.75) is 26.2 Å². The van der Waals surface area contributed by atoms with E-state index in [1.807, 2.05) is 31.2 Å². The van der Waals surface area contributed by atoms with E-state index in [2.05, 4.69) is 32.1 Å². The molecule has 26 heavy (non-hydrogen) atoms. The molecule has 4 rings (SSSR count). The molecule has 1 aromatic carbocycles. The molecule has 3 aromatic rings. The van der Waals surface area contributed by atoms with Crippen LogP contribution >= 0.6 is 27.3 Å². The van der Waals surface area contributed by atoms with Crippen LogP contribution in [0.25, 0.3) is 5.69 Å². The number of aromatic amines is 1. The molecule has 2 heterocycles. The maximum Gasteiger partial charge on any atom is 0.280 e. The van der Waals surface area contributed by atoms with Gasteiger partial charge in [0.1, 0.15) is 11.1 Å². The Morgan fingerprint density at radius 3 is 2.85 bits per heavy atom. The lowest BCUT2D eigenvalue weighted by molar-refractivity contribution is 0.835. The first-order valence-corrected chi connectivity index (χ1v) is 9.85. The Balaban J connectivity index is 1.72. The van der Waals surface area contributed by atoms with Crippen molar-refractivity contribution in [2.24, 2.45) is 4.99 Å². The van der Waals surface area contributed by atoms with Crippen LogP contribution in [0.2, 0.25) is 0 Å². The third-order valence-corrected chi connectivity index (χ3v) is 6.26. The van der Waals surface area contributed by atoms with E-state index in [1.165, 1.54) is 9.56 Å². The van der Waals surface area contributed by atoms with E-state index in [0.717, 1.165) is 40.7 Å². The summed E-state index contributed by atoms with van der Waals surface area (Å²) in [6.07, 6.45) is 4.65. The molecule has 0 radical (unpaired) electrons. The number of nitrogens with zero attached hydrogens (tertiary/aromatic N) is 3. The van der Waals surface area contributed by atoms with Crippen LogP contribution in [0.15, 0.2) is 38.5 Å². The third kappa shape index (κ3) is 2.85. The number of benzene rings is 1. The van der Waals surface area contributed by atoms with Gasteiger partial charge < -0.3 is 0 Å². The second-order valence-corrected chi connectivity index (χ2v) is 8.17. The van der Waals surface area contributed by atoms with E-state index in [1.54, 1.807) is 17.6 Å². The summed E-state index contributed by atoms with van der Waals surface area (Å²) >= 11 is 4.96. The maximum atomic E-state index is 12.8. The van der Waals surface area contributed by atoms with Gasteiger partial charge in [-0.25, -0.2) is 9.67 Å². The highest BCUT2D eigenvalue weighted by Gasteiger charge is 2.21. The minimum absolute atomic E-state index is 0.156. The fraction of sp³-hybridized carbons (Fsp3) is 0.211. The second kappa shape index (κ2) is 6.71. The molecular formula is C19H15BrN4OS. The van der Waals surface area contributed by atoms with Crippen LogP contribution < -0.4 is 5.56 Å². The van der Waals surface area contributed by atoms with Crippen LogP contribution in [0, 0.1) is 18.3 Å². The standard InChI is InChI=1S/C19H15BrN4OS/c1-11-16(19(25)24(23-11)13-7-5-12(20)6-8-13)10-22-18-15(9-21)14-3-2-4-17(14)26-18/h5-8,10,23H,2-4H2,1H3. The van der Waals surface area contributed by atoms with Gasteiger partial charge in [0.25, 0.3) is 5.56 Å². The third-order valence-electron chi connectivity index (χ3n) is 4.53. The summed E-state index contributed by atoms with van der Waals surface area (Å²) in [5.74, 6) is 0. The van der Waals surface area contributed by atoms with Gasteiger partial charge in [-0.05, 0) is 56.0 Å². The van der Waals surface area contributed by atoms with Crippen molar-refractivity contribution >= 4 is 38.5 Å². The van der Waals surface area contributed by atoms with Gasteiger partial charge in [0, 0.05) is 21.3 Å². The molecule has 0 aliphatic heterocycles. The lowest BCUT2D eigenvalue weighted by Gasteiger charge is -2.00. The summed E-state index contributed by atoms with van der Waals surface area (Å²) in [5, 5.41) is 13.2. The molecule has 1 N–H and O–H groups in total. The number of aliphatic imine (C=N–C) groups is 1. The number of aryl methyl sites for hydroxylation is 2. The van der Waals surface area contributed by atoms with Gasteiger partial charge >= 0.3 is 0 Å². The molecule has 1 aliphatic rings. The van der Waals surface area contributed by atoms with Crippen molar-refractivity contribution in [3.05, 3.63) is 66.4 Å². The van der Waals surface area contributed by atoms with Gasteiger partial charge in [-0.2, -0.15) is 5.26 Å². The Bertz CT molecular complexity index is 1110. The molecule has 0 unspecified atom stereocenters. The first-order chi connectivity index (χ1) is 12.6. The monoisotopic (exact) mass is 426 g/mol. The van der Waals surface area contributed by atoms with Gasteiger partial charge in [-0.15, -0.1) is 11.3 Å². The zero-order valence-corrected chi connectivity index (χ0v) is 16.4. The van der Waals surface area contributed by atoms with Gasteiger partial charge in [0.15, 0.2) is 0 Å². The predicted molar refractivity (Wildman–Crippen MR) is 107 cm³/mol. The Morgan fingerprint density at radius 2 is 2.12 bits per heavy atom. The van der Waals surface area contributed by atoms with E-state index in [-0.39, 0.29) is 5.56 Å². The van der Waals surface area contributed by atoms with E-state index < -0.39 is 0 Å². The van der Waals surface area contributed by atoms with Crippen molar-refractivity contribution in [2.75, 3.05) is 0 Å². The van der Waals surface area contributed by atoms with Gasteiger partial charge in [0.05, 0.1) is 16.8 Å². The molecule has 0 saturated carbocycles. The molecule has 0 amide bonds. The normalized spacial score (nSPS) is 13.3. The lowest BCUT2D eigenvalue weighted by Crippen LogP contribution is -2.17. The van der Waals surface area contributed by atoms with Gasteiger partial charge in [-0.3, -0.25) is 9.89 Å². The van der Waals surface area contributed by atoms with E-state index in [9.17, 15) is 10.1 Å². The lowest BCUT2D eigenvalue weighted by atomic mass is 10.1. The zero-order chi connectivity index (χ0) is 18.3. The summed E-state index contributed by atoms with van der Waals surface area (Å²) in [4.78, 5) is 18.5. The number of H-pyrrole nitrogens is 1. The summed E-state index contributed by atoms with van der Waals surface area (Å²) in [5.41, 5.74) is 3.66. The van der Waals surface area contributed by atoms with Crippen LogP contribution in [0.4, 0.5) is 5.00 Å². The van der Waals surface area contributed by atoms with Crippen LogP contribution in [0.3, 0.4) is 0 Å². The molecule has 0 bridgehead atoms. The fourth-order valence-corrected chi connectivity index (χ4v) is 4.65. The molecular weight excluding hydrogens is 412 g/mol. The van der Waals surface area contributed by atoms with Crippen molar-refractivity contribution in [1.82, 2.24) is 9.78 Å². The molecule has 2 aromatic heterocycles. The van der Waals surface area contributed by atoms with Gasteiger partial charge in [-0.1, -0.05) is 15.9 Å². The number of nitriles is 1. The summed E-state index contributed by atoms with van der Waals surface area (Å²) < 4.78 is 2.46. The highest BCUT2D eigenvalue weighted by atomic mass is 79.9. The topological polar surface area (TPSA) is 73.9 Å². The predicted octanol–water partition coefficient (Wildman–Crippen LogP) is 4.41. The quantitative estimate of drug-likeness (QED) is 0.629. The molecule has 1 aliphatic carbocycles. The average molecular weight is 427 g/mol. The van der Waals surface area contributed by atoms with Crippen LogP contribution in [-0.2, 0) is 12.8 Å². The summed E-state index contributed by atoms with van der Waals surface area (Å²) in [6, 6.07) is 9.77. The van der Waals surface area contributed by atoms with E-state index >= 15 is 0 Å². The number of fused-ring (bicyclic) bond motifs is 1. The van der Waals surface area contributed by atoms with Crippen LogP contribution in [0.5, 0.6) is 0 Å². The Morgan fingerprint density at radius 1 is 1.35 bits per heavy atom. The molecule has 7 heteroatoms. The summed E-state index contributed by atoms with van der Waals surface area (Å²) in [6.45, 7) is 1.84. The number of hydrogen-bond donors (Lipinski definition) is 1. The highest BCUT2D eigenvalue weighted by Crippen LogP contribution is 2.40. The number of aromatic nitrogens is 2. The SMILES string of the molecule is Cc1[nH]n(-c2ccc(Br)cc2)c(=O)c1C=Nc1sc2c(c1C#N)CCC2. The number of halogens is 1. The smallest absolute Gasteiger partial charge is 0.280 e. The van der Waals surface area contributed by atoms with Crippen LogP contribution in [0.1, 0.15) is 33.7 Å². The minimum Gasteiger partial charge on any atom is -0.295 e. The first-order valence-electron chi connectivity index (χ1n) is 8.24. The Labute approximate surface area is 162 Å². The molecule has 0 saturated heterocycles. The minimum atomic E-state index is -0.156. The number of nitrogens with one attached hydrogen (secondary N) is 1. The second-order valence-electron chi connectivity index (χ2n) is 6.17. The first kappa shape index (κ1) is 17.0. The van der Waals surface area contributed by atoms with Crippen molar-refractivity contribution < 1.29 is 0 Å². The Hall–Kier alpha value is -2.43. The summed E-state index contributed by atoms with van der Waals surface area (Å²) in [7, 11) is 0. The van der Waals surface area contributed by atoms with Crippen molar-refractivity contribution in [3.63, 3.8) is 0 Å². The molecule has 5 nitrogen and oxygen atoms in total. The number of thiophene rings is 1.